The minimum atomic E-state index is -0.695. The molecule has 1 aromatic heterocycles. The Morgan fingerprint density at radius 1 is 1.03 bits per heavy atom. The number of anilines is 2. The number of non-ortho nitro benzene ring substituents is 1. The minimum absolute atomic E-state index is 0.0605. The third-order valence-corrected chi connectivity index (χ3v) is 4.20. The number of hydrogen-bond donors (Lipinski definition) is 1. The van der Waals surface area contributed by atoms with Gasteiger partial charge in [0.1, 0.15) is 5.69 Å². The van der Waals surface area contributed by atoms with Crippen LogP contribution in [-0.4, -0.2) is 34.7 Å². The van der Waals surface area contributed by atoms with Gasteiger partial charge >= 0.3 is 5.69 Å². The smallest absolute Gasteiger partial charge is 0.301 e. The fourth-order valence-corrected chi connectivity index (χ4v) is 2.69. The molecule has 1 heterocycles. The van der Waals surface area contributed by atoms with Gasteiger partial charge in [0.05, 0.1) is 27.8 Å². The average molecular weight is 394 g/mol. The van der Waals surface area contributed by atoms with Gasteiger partial charge in [0.2, 0.25) is 0 Å². The Labute approximate surface area is 166 Å². The van der Waals surface area contributed by atoms with E-state index < -0.39 is 15.5 Å². The van der Waals surface area contributed by atoms with Crippen LogP contribution in [-0.2, 0) is 0 Å². The number of hydrazone groups is 1. The van der Waals surface area contributed by atoms with Crippen LogP contribution in [0, 0.1) is 20.2 Å². The van der Waals surface area contributed by atoms with Gasteiger partial charge < -0.3 is 9.47 Å². The van der Waals surface area contributed by atoms with Crippen molar-refractivity contribution in [2.75, 3.05) is 24.4 Å². The van der Waals surface area contributed by atoms with Crippen molar-refractivity contribution in [1.29, 1.82) is 0 Å². The summed E-state index contributed by atoms with van der Waals surface area (Å²) in [4.78, 5) is 22.6. The number of nitrogens with zero attached hydrogens (tertiary/aromatic N) is 5. The number of aromatic nitrogens is 1. The van der Waals surface area contributed by atoms with E-state index in [9.17, 15) is 20.2 Å². The van der Waals surface area contributed by atoms with Crippen LogP contribution in [0.5, 0.6) is 0 Å². The molecule has 3 rings (SSSR count). The molecule has 0 aliphatic carbocycles. The van der Waals surface area contributed by atoms with Gasteiger partial charge in [-0.15, -0.1) is 0 Å². The van der Waals surface area contributed by atoms with Crippen LogP contribution < -0.4 is 10.3 Å². The van der Waals surface area contributed by atoms with E-state index in [0.717, 1.165) is 23.1 Å². The van der Waals surface area contributed by atoms with Gasteiger partial charge in [-0.3, -0.25) is 25.7 Å². The zero-order valence-electron chi connectivity index (χ0n) is 15.7. The van der Waals surface area contributed by atoms with Crippen molar-refractivity contribution < 1.29 is 9.85 Å². The lowest BCUT2D eigenvalue weighted by Crippen LogP contribution is -2.08. The summed E-state index contributed by atoms with van der Waals surface area (Å²) in [5, 5.41) is 26.1. The van der Waals surface area contributed by atoms with Gasteiger partial charge in [0, 0.05) is 37.7 Å². The van der Waals surface area contributed by atoms with Crippen molar-refractivity contribution in [3.8, 4) is 5.69 Å². The minimum Gasteiger partial charge on any atom is -0.378 e. The largest absolute Gasteiger partial charge is 0.378 e. The number of nitro benzene ring substituents is 2. The molecule has 0 saturated carbocycles. The van der Waals surface area contributed by atoms with Crippen molar-refractivity contribution >= 4 is 29.0 Å². The molecule has 0 aliphatic heterocycles. The summed E-state index contributed by atoms with van der Waals surface area (Å²) in [7, 11) is 3.93. The molecule has 0 amide bonds. The highest BCUT2D eigenvalue weighted by molar-refractivity contribution is 5.80. The highest BCUT2D eigenvalue weighted by atomic mass is 16.6. The van der Waals surface area contributed by atoms with Crippen LogP contribution in [0.2, 0.25) is 0 Å². The van der Waals surface area contributed by atoms with Crippen LogP contribution in [0.1, 0.15) is 5.69 Å². The van der Waals surface area contributed by atoms with Crippen LogP contribution in [0.15, 0.2) is 65.9 Å². The zero-order chi connectivity index (χ0) is 21.0. The van der Waals surface area contributed by atoms with Gasteiger partial charge in [-0.05, 0) is 42.5 Å². The van der Waals surface area contributed by atoms with Gasteiger partial charge in [0.15, 0.2) is 0 Å². The second-order valence-electron chi connectivity index (χ2n) is 6.30. The highest BCUT2D eigenvalue weighted by Gasteiger charge is 2.19. The lowest BCUT2D eigenvalue weighted by molar-refractivity contribution is -0.393. The maximum absolute atomic E-state index is 11.2. The molecule has 148 valence electrons. The fraction of sp³-hybridized carbons (Fsp3) is 0.105. The Morgan fingerprint density at radius 2 is 1.76 bits per heavy atom. The fourth-order valence-electron chi connectivity index (χ4n) is 2.69. The number of nitro groups is 2. The molecule has 10 nitrogen and oxygen atoms in total. The number of nitrogens with one attached hydrogen (secondary N) is 1. The van der Waals surface area contributed by atoms with Gasteiger partial charge in [-0.1, -0.05) is 0 Å². The summed E-state index contributed by atoms with van der Waals surface area (Å²) in [5.74, 6) is 0. The lowest BCUT2D eigenvalue weighted by atomic mass is 10.2. The van der Waals surface area contributed by atoms with Crippen molar-refractivity contribution in [1.82, 2.24) is 4.57 Å². The Kier molecular flexibility index (Phi) is 5.54. The lowest BCUT2D eigenvalue weighted by Gasteiger charge is -2.13. The molecule has 3 aromatic rings. The van der Waals surface area contributed by atoms with Gasteiger partial charge in [0.25, 0.3) is 5.69 Å². The predicted octanol–water partition coefficient (Wildman–Crippen LogP) is 3.81. The van der Waals surface area contributed by atoms with E-state index in [-0.39, 0.29) is 11.4 Å². The molecule has 10 heteroatoms. The molecular weight excluding hydrogens is 376 g/mol. The Morgan fingerprint density at radius 3 is 2.38 bits per heavy atom. The van der Waals surface area contributed by atoms with E-state index in [1.165, 1.54) is 18.3 Å². The molecule has 0 bridgehead atoms. The molecule has 0 spiro atoms. The SMILES string of the molecule is CN(C)c1ccc(-n2cccc2/C=N\Nc2ccc([N+](=O)[O-])cc2[N+](=O)[O-])cc1. The first-order chi connectivity index (χ1) is 13.9. The van der Waals surface area contributed by atoms with Crippen molar-refractivity contribution in [3.63, 3.8) is 0 Å². The Hall–Kier alpha value is -4.21. The summed E-state index contributed by atoms with van der Waals surface area (Å²) in [6, 6.07) is 15.0. The Balaban J connectivity index is 1.81. The molecule has 0 fully saturated rings. The summed E-state index contributed by atoms with van der Waals surface area (Å²) in [5.41, 5.74) is 4.62. The second-order valence-corrected chi connectivity index (χ2v) is 6.30. The molecular formula is C19H18N6O4. The van der Waals surface area contributed by atoms with Crippen molar-refractivity contribution in [2.45, 2.75) is 0 Å². The first-order valence-electron chi connectivity index (χ1n) is 8.54. The monoisotopic (exact) mass is 394 g/mol. The van der Waals surface area contributed by atoms with Gasteiger partial charge in [-0.2, -0.15) is 5.10 Å². The van der Waals surface area contributed by atoms with Crippen LogP contribution in [0.25, 0.3) is 5.69 Å². The maximum atomic E-state index is 11.2. The van der Waals surface area contributed by atoms with Crippen molar-refractivity contribution in [3.05, 3.63) is 86.7 Å². The third kappa shape index (κ3) is 4.38. The van der Waals surface area contributed by atoms with Crippen LogP contribution in [0.4, 0.5) is 22.7 Å². The van der Waals surface area contributed by atoms with Crippen LogP contribution >= 0.6 is 0 Å². The normalized spacial score (nSPS) is 10.8. The van der Waals surface area contributed by atoms with Crippen LogP contribution in [0.3, 0.4) is 0 Å². The number of benzene rings is 2. The van der Waals surface area contributed by atoms with E-state index in [2.05, 4.69) is 10.5 Å². The molecule has 29 heavy (non-hydrogen) atoms. The topological polar surface area (TPSA) is 119 Å². The van der Waals surface area contributed by atoms with Gasteiger partial charge in [-0.25, -0.2) is 0 Å². The molecule has 0 saturated heterocycles. The second kappa shape index (κ2) is 8.21. The molecule has 0 radical (unpaired) electrons. The summed E-state index contributed by atoms with van der Waals surface area (Å²) in [6.45, 7) is 0. The molecule has 2 aromatic carbocycles. The first kappa shape index (κ1) is 19.5. The standard InChI is InChI=1S/C19H18N6O4/c1-22(2)14-5-7-15(8-6-14)23-11-3-4-17(23)13-20-21-18-10-9-16(24(26)27)12-19(18)25(28)29/h3-13,21H,1-2H3/b20-13-. The average Bonchev–Trinajstić information content (AvgIpc) is 3.16. The summed E-state index contributed by atoms with van der Waals surface area (Å²) in [6.07, 6.45) is 3.39. The Bertz CT molecular complexity index is 1070. The van der Waals surface area contributed by atoms with E-state index in [1.54, 1.807) is 0 Å². The van der Waals surface area contributed by atoms with E-state index in [4.69, 9.17) is 0 Å². The highest BCUT2D eigenvalue weighted by Crippen LogP contribution is 2.28. The van der Waals surface area contributed by atoms with Crippen molar-refractivity contribution in [2.24, 2.45) is 5.10 Å². The summed E-state index contributed by atoms with van der Waals surface area (Å²) < 4.78 is 1.91. The first-order valence-corrected chi connectivity index (χ1v) is 8.54. The number of rotatable bonds is 7. The molecule has 1 N–H and O–H groups in total. The zero-order valence-corrected chi connectivity index (χ0v) is 15.7. The van der Waals surface area contributed by atoms with E-state index in [1.807, 2.05) is 66.2 Å². The predicted molar refractivity (Wildman–Crippen MR) is 111 cm³/mol. The quantitative estimate of drug-likeness (QED) is 0.370. The van der Waals surface area contributed by atoms with E-state index in [0.29, 0.717) is 0 Å². The molecule has 0 unspecified atom stereocenters. The maximum Gasteiger partial charge on any atom is 0.301 e. The third-order valence-electron chi connectivity index (χ3n) is 4.20. The number of hydrogen-bond acceptors (Lipinski definition) is 7. The summed E-state index contributed by atoms with van der Waals surface area (Å²) >= 11 is 0. The molecule has 0 atom stereocenters. The molecule has 0 aliphatic rings. The van der Waals surface area contributed by atoms with E-state index >= 15 is 0 Å².